The second kappa shape index (κ2) is 8.92. The van der Waals surface area contributed by atoms with Gasteiger partial charge >= 0.3 is 5.97 Å². The molecule has 2 aromatic carbocycles. The molecule has 3 aromatic rings. The topological polar surface area (TPSA) is 69.9 Å². The number of esters is 1. The summed E-state index contributed by atoms with van der Waals surface area (Å²) in [4.78, 5) is 31.3. The molecule has 0 aliphatic carbocycles. The summed E-state index contributed by atoms with van der Waals surface area (Å²) >= 11 is 1.19. The Morgan fingerprint density at radius 2 is 2.03 bits per heavy atom. The highest BCUT2D eigenvalue weighted by Gasteiger charge is 2.33. The SMILES string of the molecule is CCOC(=O)C1=C(C)N=c2sc(=Cc3cccc(F)c3)c(=O)n2[C@@H]1c1cccc(OC)c1. The highest BCUT2D eigenvalue weighted by atomic mass is 32.1. The van der Waals surface area contributed by atoms with E-state index in [-0.39, 0.29) is 18.0 Å². The van der Waals surface area contributed by atoms with Crippen LogP contribution in [0.1, 0.15) is 31.0 Å². The quantitative estimate of drug-likeness (QED) is 0.558. The van der Waals surface area contributed by atoms with Crippen molar-refractivity contribution in [3.05, 3.63) is 96.4 Å². The van der Waals surface area contributed by atoms with Crippen molar-refractivity contribution in [1.82, 2.24) is 4.57 Å². The van der Waals surface area contributed by atoms with Gasteiger partial charge in [-0.3, -0.25) is 9.36 Å². The number of halogens is 1. The average Bonchev–Trinajstić information content (AvgIpc) is 3.07. The third-order valence-electron chi connectivity index (χ3n) is 5.07. The minimum Gasteiger partial charge on any atom is -0.497 e. The summed E-state index contributed by atoms with van der Waals surface area (Å²) in [5.41, 5.74) is 1.72. The lowest BCUT2D eigenvalue weighted by molar-refractivity contribution is -0.139. The molecule has 1 aromatic heterocycles. The van der Waals surface area contributed by atoms with Gasteiger partial charge in [0.1, 0.15) is 11.6 Å². The van der Waals surface area contributed by atoms with Gasteiger partial charge in [-0.15, -0.1) is 0 Å². The summed E-state index contributed by atoms with van der Waals surface area (Å²) in [5, 5.41) is 0. The number of ether oxygens (including phenoxy) is 2. The van der Waals surface area contributed by atoms with Crippen LogP contribution in [0.15, 0.2) is 69.6 Å². The summed E-state index contributed by atoms with van der Waals surface area (Å²) in [6, 6.07) is 12.5. The largest absolute Gasteiger partial charge is 0.497 e. The molecule has 4 rings (SSSR count). The predicted molar refractivity (Wildman–Crippen MR) is 120 cm³/mol. The number of allylic oxidation sites excluding steroid dienone is 1. The lowest BCUT2D eigenvalue weighted by Crippen LogP contribution is -2.39. The Balaban J connectivity index is 1.97. The minimum atomic E-state index is -0.727. The third-order valence-corrected chi connectivity index (χ3v) is 6.06. The zero-order chi connectivity index (χ0) is 22.8. The molecule has 8 heteroatoms. The van der Waals surface area contributed by atoms with E-state index in [0.29, 0.717) is 37.5 Å². The van der Waals surface area contributed by atoms with Crippen molar-refractivity contribution in [2.45, 2.75) is 19.9 Å². The van der Waals surface area contributed by atoms with Gasteiger partial charge in [-0.05, 0) is 55.3 Å². The van der Waals surface area contributed by atoms with Gasteiger partial charge in [-0.1, -0.05) is 35.6 Å². The number of carbonyl (C=O) groups excluding carboxylic acids is 1. The number of hydrogen-bond acceptors (Lipinski definition) is 6. The maximum atomic E-state index is 13.6. The fourth-order valence-electron chi connectivity index (χ4n) is 3.67. The van der Waals surface area contributed by atoms with E-state index in [1.54, 1.807) is 57.4 Å². The van der Waals surface area contributed by atoms with E-state index in [4.69, 9.17) is 9.47 Å². The van der Waals surface area contributed by atoms with Gasteiger partial charge in [0.2, 0.25) is 0 Å². The minimum absolute atomic E-state index is 0.199. The Labute approximate surface area is 187 Å². The first-order chi connectivity index (χ1) is 15.4. The zero-order valence-corrected chi connectivity index (χ0v) is 18.6. The highest BCUT2D eigenvalue weighted by molar-refractivity contribution is 7.07. The van der Waals surface area contributed by atoms with Crippen LogP contribution in [-0.4, -0.2) is 24.3 Å². The average molecular weight is 453 g/mol. The molecule has 0 saturated heterocycles. The number of hydrogen-bond donors (Lipinski definition) is 0. The van der Waals surface area contributed by atoms with Crippen LogP contribution in [0, 0.1) is 5.82 Å². The third kappa shape index (κ3) is 4.01. The van der Waals surface area contributed by atoms with Crippen molar-refractivity contribution in [1.29, 1.82) is 0 Å². The van der Waals surface area contributed by atoms with Gasteiger partial charge < -0.3 is 9.47 Å². The fourth-order valence-corrected chi connectivity index (χ4v) is 4.71. The summed E-state index contributed by atoms with van der Waals surface area (Å²) in [6.07, 6.45) is 1.62. The van der Waals surface area contributed by atoms with Crippen LogP contribution in [0.2, 0.25) is 0 Å². The number of aromatic nitrogens is 1. The van der Waals surface area contributed by atoms with Crippen molar-refractivity contribution in [2.75, 3.05) is 13.7 Å². The van der Waals surface area contributed by atoms with Crippen LogP contribution in [0.4, 0.5) is 4.39 Å². The van der Waals surface area contributed by atoms with Gasteiger partial charge in [-0.2, -0.15) is 0 Å². The van der Waals surface area contributed by atoms with Crippen molar-refractivity contribution < 1.29 is 18.7 Å². The summed E-state index contributed by atoms with van der Waals surface area (Å²) in [5.74, 6) is -0.315. The predicted octanol–water partition coefficient (Wildman–Crippen LogP) is 2.95. The van der Waals surface area contributed by atoms with Gasteiger partial charge in [0.25, 0.3) is 5.56 Å². The van der Waals surface area contributed by atoms with Crippen molar-refractivity contribution in [3.63, 3.8) is 0 Å². The molecule has 0 bridgehead atoms. The van der Waals surface area contributed by atoms with Gasteiger partial charge in [-0.25, -0.2) is 14.2 Å². The Kier molecular flexibility index (Phi) is 6.05. The number of fused-ring (bicyclic) bond motifs is 1. The Morgan fingerprint density at radius 3 is 2.75 bits per heavy atom. The Morgan fingerprint density at radius 1 is 1.25 bits per heavy atom. The fraction of sp³-hybridized carbons (Fsp3) is 0.208. The van der Waals surface area contributed by atoms with Crippen LogP contribution in [0.3, 0.4) is 0 Å². The molecule has 1 aliphatic heterocycles. The van der Waals surface area contributed by atoms with Crippen LogP contribution in [0.5, 0.6) is 5.75 Å². The summed E-state index contributed by atoms with van der Waals surface area (Å²) in [7, 11) is 1.55. The smallest absolute Gasteiger partial charge is 0.338 e. The van der Waals surface area contributed by atoms with E-state index in [1.165, 1.54) is 28.0 Å². The monoisotopic (exact) mass is 452 g/mol. The molecular weight excluding hydrogens is 431 g/mol. The number of benzene rings is 2. The molecule has 0 N–H and O–H groups in total. The van der Waals surface area contributed by atoms with Crippen LogP contribution < -0.4 is 19.6 Å². The van der Waals surface area contributed by atoms with Crippen molar-refractivity contribution >= 4 is 23.4 Å². The molecule has 164 valence electrons. The normalized spacial score (nSPS) is 15.9. The van der Waals surface area contributed by atoms with E-state index in [9.17, 15) is 14.0 Å². The van der Waals surface area contributed by atoms with Crippen LogP contribution >= 0.6 is 11.3 Å². The zero-order valence-electron chi connectivity index (χ0n) is 17.8. The standard InChI is InChI=1S/C24H21FN2O4S/c1-4-31-23(29)20-14(2)26-24-27(21(20)16-8-6-10-18(13-16)30-3)22(28)19(32-24)12-15-7-5-9-17(25)11-15/h5-13,21H,4H2,1-3H3/t21-/m1/s1. The summed E-state index contributed by atoms with van der Waals surface area (Å²) in [6.45, 7) is 3.65. The van der Waals surface area contributed by atoms with E-state index in [2.05, 4.69) is 4.99 Å². The lowest BCUT2D eigenvalue weighted by Gasteiger charge is -2.25. The van der Waals surface area contributed by atoms with Gasteiger partial charge in [0, 0.05) is 0 Å². The number of rotatable bonds is 5. The molecular formula is C24H21FN2O4S. The maximum Gasteiger partial charge on any atom is 0.338 e. The molecule has 0 radical (unpaired) electrons. The number of methoxy groups -OCH3 is 1. The first-order valence-corrected chi connectivity index (χ1v) is 10.8. The molecule has 0 saturated carbocycles. The van der Waals surface area contributed by atoms with Gasteiger partial charge in [0.15, 0.2) is 4.80 Å². The first kappa shape index (κ1) is 21.7. The molecule has 0 spiro atoms. The maximum absolute atomic E-state index is 13.6. The van der Waals surface area contributed by atoms with E-state index >= 15 is 0 Å². The molecule has 32 heavy (non-hydrogen) atoms. The molecule has 0 fully saturated rings. The van der Waals surface area contributed by atoms with E-state index in [1.807, 2.05) is 6.07 Å². The second-order valence-electron chi connectivity index (χ2n) is 7.13. The molecule has 6 nitrogen and oxygen atoms in total. The molecule has 1 atom stereocenters. The van der Waals surface area contributed by atoms with Crippen molar-refractivity contribution in [3.8, 4) is 5.75 Å². The number of carbonyl (C=O) groups is 1. The Bertz CT molecular complexity index is 1400. The highest BCUT2D eigenvalue weighted by Crippen LogP contribution is 2.32. The van der Waals surface area contributed by atoms with Crippen molar-refractivity contribution in [2.24, 2.45) is 4.99 Å². The number of nitrogens with zero attached hydrogens (tertiary/aromatic N) is 2. The molecule has 2 heterocycles. The first-order valence-electron chi connectivity index (χ1n) is 10.0. The Hall–Kier alpha value is -3.52. The molecule has 0 amide bonds. The van der Waals surface area contributed by atoms with E-state index < -0.39 is 12.0 Å². The molecule has 0 unspecified atom stereocenters. The van der Waals surface area contributed by atoms with E-state index in [0.717, 1.165) is 0 Å². The van der Waals surface area contributed by atoms with Gasteiger partial charge in [0.05, 0.1) is 35.6 Å². The van der Waals surface area contributed by atoms with Crippen LogP contribution in [0.25, 0.3) is 6.08 Å². The number of thiazole rings is 1. The lowest BCUT2D eigenvalue weighted by atomic mass is 9.95. The van der Waals surface area contributed by atoms with Crippen LogP contribution in [-0.2, 0) is 9.53 Å². The second-order valence-corrected chi connectivity index (χ2v) is 8.14. The molecule has 1 aliphatic rings. The summed E-state index contributed by atoms with van der Waals surface area (Å²) < 4.78 is 26.1.